The number of likely N-dealkylation sites (N-methyl/N-ethyl adjacent to an activating group) is 1. The van der Waals surface area contributed by atoms with E-state index in [4.69, 9.17) is 10.5 Å². The molecule has 0 saturated heterocycles. The first-order valence-electron chi connectivity index (χ1n) is 5.86. The molecule has 2 N–H and O–H groups in total. The maximum Gasteiger partial charge on any atom is 0.256 e. The normalized spacial score (nSPS) is 10.4. The number of carbonyl (C=O) groups is 1. The lowest BCUT2D eigenvalue weighted by Crippen LogP contribution is -2.31. The molecule has 100 valence electrons. The molecular weight excluding hydrogens is 235 g/mol. The summed E-state index contributed by atoms with van der Waals surface area (Å²) in [5, 5.41) is 0. The zero-order valence-corrected chi connectivity index (χ0v) is 10.8. The van der Waals surface area contributed by atoms with Crippen LogP contribution in [0.1, 0.15) is 15.9 Å². The monoisotopic (exact) mass is 254 g/mol. The number of benzene rings is 1. The van der Waals surface area contributed by atoms with E-state index in [2.05, 4.69) is 0 Å². The number of carbonyl (C=O) groups excluding carboxylic acids is 1. The van der Waals surface area contributed by atoms with Crippen LogP contribution < -0.4 is 5.73 Å². The Hall–Kier alpha value is -1.46. The van der Waals surface area contributed by atoms with E-state index in [0.29, 0.717) is 31.9 Å². The summed E-state index contributed by atoms with van der Waals surface area (Å²) < 4.78 is 18.9. The average Bonchev–Trinajstić information content (AvgIpc) is 2.37. The van der Waals surface area contributed by atoms with Gasteiger partial charge in [-0.25, -0.2) is 4.39 Å². The van der Waals surface area contributed by atoms with E-state index in [1.54, 1.807) is 26.1 Å². The average molecular weight is 254 g/mol. The van der Waals surface area contributed by atoms with Crippen molar-refractivity contribution in [1.29, 1.82) is 0 Å². The molecule has 0 aliphatic heterocycles. The van der Waals surface area contributed by atoms with E-state index in [9.17, 15) is 9.18 Å². The third kappa shape index (κ3) is 3.78. The van der Waals surface area contributed by atoms with E-state index in [0.717, 1.165) is 0 Å². The van der Waals surface area contributed by atoms with Crippen LogP contribution in [0.5, 0.6) is 0 Å². The van der Waals surface area contributed by atoms with Crippen LogP contribution in [0.2, 0.25) is 0 Å². The number of aryl methyl sites for hydroxylation is 1. The van der Waals surface area contributed by atoms with E-state index in [-0.39, 0.29) is 11.5 Å². The number of nitrogens with zero attached hydrogens (tertiary/aromatic N) is 1. The van der Waals surface area contributed by atoms with Crippen molar-refractivity contribution in [3.63, 3.8) is 0 Å². The molecule has 0 aromatic heterocycles. The third-order valence-electron chi connectivity index (χ3n) is 2.60. The molecule has 0 fully saturated rings. The molecular formula is C13H19FN2O2. The summed E-state index contributed by atoms with van der Waals surface area (Å²) in [5.41, 5.74) is 5.84. The van der Waals surface area contributed by atoms with Gasteiger partial charge in [0.1, 0.15) is 5.82 Å². The Kier molecular flexibility index (Phi) is 5.74. The van der Waals surface area contributed by atoms with Gasteiger partial charge in [-0.2, -0.15) is 0 Å². The van der Waals surface area contributed by atoms with Crippen molar-refractivity contribution in [2.45, 2.75) is 6.92 Å². The van der Waals surface area contributed by atoms with Crippen molar-refractivity contribution >= 4 is 5.91 Å². The number of ether oxygens (including phenoxy) is 1. The zero-order valence-electron chi connectivity index (χ0n) is 10.8. The number of nitrogens with two attached hydrogens (primary N) is 1. The summed E-state index contributed by atoms with van der Waals surface area (Å²) in [6, 6.07) is 4.79. The summed E-state index contributed by atoms with van der Waals surface area (Å²) in [6.45, 7) is 3.35. The van der Waals surface area contributed by atoms with Crippen molar-refractivity contribution in [2.75, 3.05) is 33.4 Å². The van der Waals surface area contributed by atoms with E-state index < -0.39 is 5.82 Å². The highest BCUT2D eigenvalue weighted by Gasteiger charge is 2.16. The Labute approximate surface area is 107 Å². The first kappa shape index (κ1) is 14.6. The van der Waals surface area contributed by atoms with E-state index in [1.807, 2.05) is 0 Å². The quantitative estimate of drug-likeness (QED) is 0.776. The topological polar surface area (TPSA) is 55.6 Å². The minimum absolute atomic E-state index is 0.0938. The van der Waals surface area contributed by atoms with Crippen LogP contribution in [0.3, 0.4) is 0 Å². The minimum Gasteiger partial charge on any atom is -0.378 e. The molecule has 5 heteroatoms. The second-order valence-corrected chi connectivity index (χ2v) is 4.06. The molecule has 1 amide bonds. The van der Waals surface area contributed by atoms with Crippen LogP contribution in [-0.2, 0) is 4.74 Å². The largest absolute Gasteiger partial charge is 0.378 e. The van der Waals surface area contributed by atoms with Crippen LogP contribution in [-0.4, -0.2) is 44.2 Å². The summed E-state index contributed by atoms with van der Waals surface area (Å²) >= 11 is 0. The molecule has 0 radical (unpaired) electrons. The number of amides is 1. The predicted octanol–water partition coefficient (Wildman–Crippen LogP) is 1.18. The van der Waals surface area contributed by atoms with Gasteiger partial charge in [-0.05, 0) is 18.6 Å². The summed E-state index contributed by atoms with van der Waals surface area (Å²) in [5.74, 6) is -0.801. The fourth-order valence-electron chi connectivity index (χ4n) is 1.51. The summed E-state index contributed by atoms with van der Waals surface area (Å²) in [6.07, 6.45) is 0. The maximum atomic E-state index is 13.8. The first-order valence-corrected chi connectivity index (χ1v) is 5.86. The summed E-state index contributed by atoms with van der Waals surface area (Å²) in [4.78, 5) is 13.4. The van der Waals surface area contributed by atoms with Crippen molar-refractivity contribution < 1.29 is 13.9 Å². The van der Waals surface area contributed by atoms with Gasteiger partial charge in [-0.15, -0.1) is 0 Å². The van der Waals surface area contributed by atoms with Gasteiger partial charge in [-0.3, -0.25) is 4.79 Å². The smallest absolute Gasteiger partial charge is 0.256 e. The zero-order chi connectivity index (χ0) is 13.5. The van der Waals surface area contributed by atoms with Crippen molar-refractivity contribution in [2.24, 2.45) is 5.73 Å². The molecule has 0 aliphatic carbocycles. The highest BCUT2D eigenvalue weighted by atomic mass is 19.1. The minimum atomic E-state index is -0.461. The number of hydrogen-bond acceptors (Lipinski definition) is 3. The van der Waals surface area contributed by atoms with E-state index in [1.165, 1.54) is 11.0 Å². The van der Waals surface area contributed by atoms with E-state index >= 15 is 0 Å². The molecule has 0 atom stereocenters. The summed E-state index contributed by atoms with van der Waals surface area (Å²) in [7, 11) is 1.62. The van der Waals surface area contributed by atoms with Crippen molar-refractivity contribution in [3.8, 4) is 0 Å². The van der Waals surface area contributed by atoms with Gasteiger partial charge in [0.05, 0.1) is 18.8 Å². The molecule has 0 saturated carbocycles. The van der Waals surface area contributed by atoms with Crippen LogP contribution in [0.15, 0.2) is 18.2 Å². The predicted molar refractivity (Wildman–Crippen MR) is 68.0 cm³/mol. The molecule has 0 unspecified atom stereocenters. The molecule has 0 aliphatic rings. The second kappa shape index (κ2) is 7.08. The molecule has 1 rings (SSSR count). The Morgan fingerprint density at radius 3 is 2.83 bits per heavy atom. The first-order chi connectivity index (χ1) is 8.57. The SMILES string of the molecule is Cc1cccc(C(=O)N(C)CCOCCN)c1F. The fraction of sp³-hybridized carbons (Fsp3) is 0.462. The lowest BCUT2D eigenvalue weighted by Gasteiger charge is -2.17. The third-order valence-corrected chi connectivity index (χ3v) is 2.60. The molecule has 1 aromatic rings. The molecule has 0 heterocycles. The second-order valence-electron chi connectivity index (χ2n) is 4.06. The lowest BCUT2D eigenvalue weighted by atomic mass is 10.1. The van der Waals surface area contributed by atoms with Crippen LogP contribution >= 0.6 is 0 Å². The number of halogens is 1. The van der Waals surface area contributed by atoms with Gasteiger partial charge in [0, 0.05) is 20.1 Å². The number of rotatable bonds is 6. The van der Waals surface area contributed by atoms with Gasteiger partial charge in [0.25, 0.3) is 5.91 Å². The standard InChI is InChI=1S/C13H19FN2O2/c1-10-4-3-5-11(12(10)14)13(17)16(2)7-9-18-8-6-15/h3-5H,6-9,15H2,1-2H3. The Bertz CT molecular complexity index is 410. The lowest BCUT2D eigenvalue weighted by molar-refractivity contribution is 0.0700. The van der Waals surface area contributed by atoms with Crippen LogP contribution in [0.25, 0.3) is 0 Å². The van der Waals surface area contributed by atoms with Crippen molar-refractivity contribution in [1.82, 2.24) is 4.90 Å². The highest BCUT2D eigenvalue weighted by molar-refractivity contribution is 5.94. The molecule has 0 bridgehead atoms. The fourth-order valence-corrected chi connectivity index (χ4v) is 1.51. The Morgan fingerprint density at radius 2 is 2.17 bits per heavy atom. The molecule has 18 heavy (non-hydrogen) atoms. The van der Waals surface area contributed by atoms with Gasteiger partial charge < -0.3 is 15.4 Å². The molecule has 4 nitrogen and oxygen atoms in total. The highest BCUT2D eigenvalue weighted by Crippen LogP contribution is 2.13. The van der Waals surface area contributed by atoms with Gasteiger partial charge in [-0.1, -0.05) is 12.1 Å². The molecule has 1 aromatic carbocycles. The Morgan fingerprint density at radius 1 is 1.44 bits per heavy atom. The number of hydrogen-bond donors (Lipinski definition) is 1. The van der Waals surface area contributed by atoms with Crippen LogP contribution in [0.4, 0.5) is 4.39 Å². The van der Waals surface area contributed by atoms with Gasteiger partial charge in [0.15, 0.2) is 0 Å². The van der Waals surface area contributed by atoms with Gasteiger partial charge in [0.2, 0.25) is 0 Å². The maximum absolute atomic E-state index is 13.8. The van der Waals surface area contributed by atoms with Crippen LogP contribution in [0, 0.1) is 12.7 Å². The Balaban J connectivity index is 2.60. The van der Waals surface area contributed by atoms with Crippen molar-refractivity contribution in [3.05, 3.63) is 35.1 Å². The molecule has 0 spiro atoms. The van der Waals surface area contributed by atoms with Gasteiger partial charge >= 0.3 is 0 Å².